The Hall–Kier alpha value is -1.66. The van der Waals surface area contributed by atoms with Crippen LogP contribution in [0.15, 0.2) is 34.9 Å². The SMILES string of the molecule is COCCCS(=O)(=O)CC(=O)c1coc2ccccc12. The molecule has 0 aliphatic rings. The number of hydrogen-bond donors (Lipinski definition) is 0. The van der Waals surface area contributed by atoms with Gasteiger partial charge in [-0.1, -0.05) is 18.2 Å². The molecule has 0 atom stereocenters. The highest BCUT2D eigenvalue weighted by Crippen LogP contribution is 2.21. The van der Waals surface area contributed by atoms with Crippen LogP contribution < -0.4 is 0 Å². The standard InChI is InChI=1S/C14H16O5S/c1-18-7-4-8-20(16,17)10-13(15)12-9-19-14-6-3-2-5-11(12)14/h2-3,5-6,9H,4,7-8,10H2,1H3. The molecule has 2 rings (SSSR count). The molecule has 0 amide bonds. The van der Waals surface area contributed by atoms with Crippen LogP contribution >= 0.6 is 0 Å². The fraction of sp³-hybridized carbons (Fsp3) is 0.357. The zero-order chi connectivity index (χ0) is 14.6. The van der Waals surface area contributed by atoms with Gasteiger partial charge in [0.25, 0.3) is 0 Å². The minimum atomic E-state index is -3.42. The van der Waals surface area contributed by atoms with Crippen LogP contribution in [-0.2, 0) is 14.6 Å². The summed E-state index contributed by atoms with van der Waals surface area (Å²) in [5.41, 5.74) is 0.892. The number of sulfone groups is 1. The minimum absolute atomic E-state index is 0.0532. The quantitative estimate of drug-likeness (QED) is 0.577. The van der Waals surface area contributed by atoms with Gasteiger partial charge in [-0.2, -0.15) is 0 Å². The van der Waals surface area contributed by atoms with E-state index in [0.29, 0.717) is 29.6 Å². The van der Waals surface area contributed by atoms with E-state index in [1.165, 1.54) is 13.4 Å². The molecular weight excluding hydrogens is 280 g/mol. The lowest BCUT2D eigenvalue weighted by molar-refractivity contribution is 0.102. The van der Waals surface area contributed by atoms with Crippen LogP contribution in [0.2, 0.25) is 0 Å². The number of methoxy groups -OCH3 is 1. The third-order valence-electron chi connectivity index (χ3n) is 2.94. The van der Waals surface area contributed by atoms with Crippen molar-refractivity contribution < 1.29 is 22.4 Å². The molecule has 0 saturated carbocycles. The molecule has 2 aromatic rings. The number of ketones is 1. The second-order valence-corrected chi connectivity index (χ2v) is 6.69. The number of ether oxygens (including phenoxy) is 1. The number of para-hydroxylation sites is 1. The van der Waals surface area contributed by atoms with E-state index in [9.17, 15) is 13.2 Å². The summed E-state index contributed by atoms with van der Waals surface area (Å²) in [4.78, 5) is 12.1. The molecule has 1 aromatic carbocycles. The normalized spacial score (nSPS) is 11.8. The maximum Gasteiger partial charge on any atom is 0.181 e. The first-order valence-electron chi connectivity index (χ1n) is 6.22. The molecule has 5 nitrogen and oxygen atoms in total. The molecule has 0 N–H and O–H groups in total. The summed E-state index contributed by atoms with van der Waals surface area (Å²) in [6.07, 6.45) is 1.70. The first kappa shape index (κ1) is 14.7. The van der Waals surface area contributed by atoms with E-state index < -0.39 is 21.4 Å². The van der Waals surface area contributed by atoms with E-state index in [2.05, 4.69) is 0 Å². The van der Waals surface area contributed by atoms with Gasteiger partial charge in [0.2, 0.25) is 0 Å². The van der Waals surface area contributed by atoms with Gasteiger partial charge in [0.05, 0.1) is 11.3 Å². The Balaban J connectivity index is 2.12. The molecule has 0 aliphatic heterocycles. The van der Waals surface area contributed by atoms with E-state index in [4.69, 9.17) is 9.15 Å². The first-order chi connectivity index (χ1) is 9.53. The molecule has 20 heavy (non-hydrogen) atoms. The number of Topliss-reactive ketones (excluding diaryl/α,β-unsaturated/α-hetero) is 1. The smallest absolute Gasteiger partial charge is 0.181 e. The Labute approximate surface area is 117 Å². The van der Waals surface area contributed by atoms with E-state index in [0.717, 1.165) is 0 Å². The lowest BCUT2D eigenvalue weighted by Crippen LogP contribution is -2.19. The largest absolute Gasteiger partial charge is 0.464 e. The first-order valence-corrected chi connectivity index (χ1v) is 8.04. The summed E-state index contributed by atoms with van der Waals surface area (Å²) < 4.78 is 33.7. The summed E-state index contributed by atoms with van der Waals surface area (Å²) in [5, 5.41) is 0.643. The van der Waals surface area contributed by atoms with Gasteiger partial charge in [0.15, 0.2) is 15.6 Å². The number of rotatable bonds is 7. The van der Waals surface area contributed by atoms with Crippen molar-refractivity contribution in [1.82, 2.24) is 0 Å². The van der Waals surface area contributed by atoms with Crippen molar-refractivity contribution in [2.24, 2.45) is 0 Å². The topological polar surface area (TPSA) is 73.6 Å². The minimum Gasteiger partial charge on any atom is -0.464 e. The number of benzene rings is 1. The van der Waals surface area contributed by atoms with Gasteiger partial charge in [-0.25, -0.2) is 8.42 Å². The predicted molar refractivity (Wildman–Crippen MR) is 75.7 cm³/mol. The summed E-state index contributed by atoms with van der Waals surface area (Å²) >= 11 is 0. The Bertz CT molecular complexity index is 699. The van der Waals surface area contributed by atoms with Crippen LogP contribution in [0.25, 0.3) is 11.0 Å². The highest BCUT2D eigenvalue weighted by atomic mass is 32.2. The van der Waals surface area contributed by atoms with E-state index in [-0.39, 0.29) is 5.75 Å². The summed E-state index contributed by atoms with van der Waals surface area (Å²) in [5.74, 6) is -0.991. The molecule has 1 aromatic heterocycles. The molecular formula is C14H16O5S. The van der Waals surface area contributed by atoms with Crippen LogP contribution in [0, 0.1) is 0 Å². The van der Waals surface area contributed by atoms with Gasteiger partial charge in [-0.15, -0.1) is 0 Å². The van der Waals surface area contributed by atoms with E-state index in [1.807, 2.05) is 0 Å². The lowest BCUT2D eigenvalue weighted by Gasteiger charge is -2.02. The Kier molecular flexibility index (Phi) is 4.57. The number of carbonyl (C=O) groups excluding carboxylic acids is 1. The number of hydrogen-bond acceptors (Lipinski definition) is 5. The fourth-order valence-electron chi connectivity index (χ4n) is 1.97. The van der Waals surface area contributed by atoms with Gasteiger partial charge in [0.1, 0.15) is 17.6 Å². The zero-order valence-electron chi connectivity index (χ0n) is 11.2. The molecule has 0 bridgehead atoms. The van der Waals surface area contributed by atoms with Gasteiger partial charge in [-0.3, -0.25) is 4.79 Å². The van der Waals surface area contributed by atoms with Crippen LogP contribution in [0.4, 0.5) is 0 Å². The maximum atomic E-state index is 12.1. The highest BCUT2D eigenvalue weighted by molar-refractivity contribution is 7.92. The average Bonchev–Trinajstić information content (AvgIpc) is 2.82. The van der Waals surface area contributed by atoms with Gasteiger partial charge >= 0.3 is 0 Å². The average molecular weight is 296 g/mol. The van der Waals surface area contributed by atoms with Gasteiger partial charge in [-0.05, 0) is 12.5 Å². The van der Waals surface area contributed by atoms with E-state index >= 15 is 0 Å². The molecule has 0 saturated heterocycles. The molecule has 6 heteroatoms. The van der Waals surface area contributed by atoms with Crippen molar-refractivity contribution >= 4 is 26.6 Å². The van der Waals surface area contributed by atoms with Crippen LogP contribution in [0.1, 0.15) is 16.8 Å². The number of fused-ring (bicyclic) bond motifs is 1. The molecule has 1 heterocycles. The molecule has 0 radical (unpaired) electrons. The second-order valence-electron chi connectivity index (χ2n) is 4.51. The van der Waals surface area contributed by atoms with Crippen molar-refractivity contribution in [3.05, 3.63) is 36.1 Å². The predicted octanol–water partition coefficient (Wildman–Crippen LogP) is 2.07. The molecule has 0 unspecified atom stereocenters. The summed E-state index contributed by atoms with van der Waals surface area (Å²) in [6.45, 7) is 0.363. The Morgan fingerprint density at radius 3 is 2.80 bits per heavy atom. The molecule has 0 aliphatic carbocycles. The third-order valence-corrected chi connectivity index (χ3v) is 4.55. The van der Waals surface area contributed by atoms with Gasteiger partial charge < -0.3 is 9.15 Å². The van der Waals surface area contributed by atoms with Crippen LogP contribution in [0.3, 0.4) is 0 Å². The van der Waals surface area contributed by atoms with Crippen molar-refractivity contribution in [3.63, 3.8) is 0 Å². The van der Waals surface area contributed by atoms with Crippen molar-refractivity contribution in [2.45, 2.75) is 6.42 Å². The highest BCUT2D eigenvalue weighted by Gasteiger charge is 2.20. The third kappa shape index (κ3) is 3.46. The van der Waals surface area contributed by atoms with Crippen molar-refractivity contribution in [2.75, 3.05) is 25.2 Å². The molecule has 0 spiro atoms. The molecule has 0 fully saturated rings. The zero-order valence-corrected chi connectivity index (χ0v) is 12.0. The summed E-state index contributed by atoms with van der Waals surface area (Å²) in [6, 6.07) is 7.05. The number of furan rings is 1. The summed E-state index contributed by atoms with van der Waals surface area (Å²) in [7, 11) is -1.91. The fourth-order valence-corrected chi connectivity index (χ4v) is 3.22. The Morgan fingerprint density at radius 1 is 1.30 bits per heavy atom. The van der Waals surface area contributed by atoms with Crippen molar-refractivity contribution in [3.8, 4) is 0 Å². The number of carbonyl (C=O) groups is 1. The van der Waals surface area contributed by atoms with Crippen LogP contribution in [-0.4, -0.2) is 39.4 Å². The van der Waals surface area contributed by atoms with E-state index in [1.54, 1.807) is 24.3 Å². The Morgan fingerprint density at radius 2 is 2.05 bits per heavy atom. The lowest BCUT2D eigenvalue weighted by atomic mass is 10.1. The van der Waals surface area contributed by atoms with Crippen molar-refractivity contribution in [1.29, 1.82) is 0 Å². The molecule has 108 valence electrons. The van der Waals surface area contributed by atoms with Gasteiger partial charge in [0, 0.05) is 19.1 Å². The van der Waals surface area contributed by atoms with Crippen LogP contribution in [0.5, 0.6) is 0 Å². The monoisotopic (exact) mass is 296 g/mol. The maximum absolute atomic E-state index is 12.1. The second kappa shape index (κ2) is 6.19.